The van der Waals surface area contributed by atoms with Gasteiger partial charge in [0.25, 0.3) is 0 Å². The molecule has 4 rings (SSSR count). The fourth-order valence-corrected chi connectivity index (χ4v) is 5.37. The molecule has 2 aromatic carbocycles. The van der Waals surface area contributed by atoms with Crippen molar-refractivity contribution >= 4 is 21.6 Å². The van der Waals surface area contributed by atoms with E-state index in [4.69, 9.17) is 21.1 Å². The van der Waals surface area contributed by atoms with Crippen molar-refractivity contribution in [1.82, 2.24) is 9.21 Å². The number of rotatable bonds is 4. The average Bonchev–Trinajstić information content (AvgIpc) is 2.94. The van der Waals surface area contributed by atoms with Crippen molar-refractivity contribution in [3.8, 4) is 11.5 Å². The Hall–Kier alpha value is -1.87. The van der Waals surface area contributed by atoms with E-state index in [1.165, 1.54) is 28.6 Å². The summed E-state index contributed by atoms with van der Waals surface area (Å²) in [7, 11) is -3.63. The lowest BCUT2D eigenvalue weighted by Gasteiger charge is -2.24. The minimum Gasteiger partial charge on any atom is -0.486 e. The molecule has 9 heteroatoms. The van der Waals surface area contributed by atoms with Crippen LogP contribution in [-0.4, -0.2) is 57.0 Å². The van der Waals surface area contributed by atoms with Crippen molar-refractivity contribution in [3.05, 3.63) is 52.8 Å². The molecule has 0 aliphatic carbocycles. The molecule has 1 saturated heterocycles. The van der Waals surface area contributed by atoms with Crippen LogP contribution in [0.5, 0.6) is 11.5 Å². The normalized spacial score (nSPS) is 18.4. The van der Waals surface area contributed by atoms with Crippen LogP contribution in [0.4, 0.5) is 4.39 Å². The molecule has 2 aromatic rings. The van der Waals surface area contributed by atoms with Gasteiger partial charge in [-0.05, 0) is 54.9 Å². The number of halogens is 2. The second-order valence-corrected chi connectivity index (χ2v) is 9.43. The highest BCUT2D eigenvalue weighted by molar-refractivity contribution is 7.89. The van der Waals surface area contributed by atoms with E-state index in [2.05, 4.69) is 4.90 Å². The predicted molar refractivity (Wildman–Crippen MR) is 107 cm³/mol. The van der Waals surface area contributed by atoms with E-state index >= 15 is 0 Å². The van der Waals surface area contributed by atoms with Crippen molar-refractivity contribution in [2.24, 2.45) is 0 Å². The van der Waals surface area contributed by atoms with Gasteiger partial charge in [-0.2, -0.15) is 4.31 Å². The maximum atomic E-state index is 13.1. The van der Waals surface area contributed by atoms with Gasteiger partial charge in [-0.3, -0.25) is 4.90 Å². The Morgan fingerprint density at radius 3 is 2.55 bits per heavy atom. The van der Waals surface area contributed by atoms with Gasteiger partial charge in [0.15, 0.2) is 11.5 Å². The monoisotopic (exact) mass is 440 g/mol. The maximum Gasteiger partial charge on any atom is 0.243 e. The van der Waals surface area contributed by atoms with Crippen molar-refractivity contribution in [3.63, 3.8) is 0 Å². The highest BCUT2D eigenvalue weighted by Crippen LogP contribution is 2.38. The third-order valence-corrected chi connectivity index (χ3v) is 7.26. The average molecular weight is 441 g/mol. The summed E-state index contributed by atoms with van der Waals surface area (Å²) in [5.41, 5.74) is 0.995. The van der Waals surface area contributed by atoms with Crippen LogP contribution in [0.1, 0.15) is 12.0 Å². The molecule has 0 amide bonds. The van der Waals surface area contributed by atoms with Crippen molar-refractivity contribution < 1.29 is 22.3 Å². The quantitative estimate of drug-likeness (QED) is 0.731. The van der Waals surface area contributed by atoms with E-state index in [1.54, 1.807) is 0 Å². The minimum absolute atomic E-state index is 0.117. The van der Waals surface area contributed by atoms with Gasteiger partial charge in [0.05, 0.1) is 9.92 Å². The third kappa shape index (κ3) is 4.50. The van der Waals surface area contributed by atoms with Gasteiger partial charge in [-0.1, -0.05) is 11.6 Å². The molecule has 2 aliphatic rings. The fraction of sp³-hybridized carbons (Fsp3) is 0.400. The molecule has 2 aliphatic heterocycles. The van der Waals surface area contributed by atoms with Crippen LogP contribution in [0.3, 0.4) is 0 Å². The standard InChI is InChI=1S/C20H22ClFN2O4S/c21-18-12-15(13-19-20(18)28-11-10-27-19)14-23-6-1-7-24(9-8-23)29(25,26)17-4-2-16(22)3-5-17/h2-5,12-13H,1,6-11,14H2. The lowest BCUT2D eigenvalue weighted by atomic mass is 10.1. The Morgan fingerprint density at radius 1 is 1.00 bits per heavy atom. The van der Waals surface area contributed by atoms with E-state index in [-0.39, 0.29) is 4.90 Å². The first-order valence-corrected chi connectivity index (χ1v) is 11.3. The zero-order valence-electron chi connectivity index (χ0n) is 15.8. The Labute approximate surface area is 174 Å². The van der Waals surface area contributed by atoms with E-state index in [0.717, 1.165) is 12.1 Å². The molecule has 0 aromatic heterocycles. The zero-order chi connectivity index (χ0) is 20.4. The minimum atomic E-state index is -3.63. The number of hydrogen-bond donors (Lipinski definition) is 0. The van der Waals surface area contributed by atoms with Crippen LogP contribution in [0.15, 0.2) is 41.3 Å². The number of nitrogens with zero attached hydrogens (tertiary/aromatic N) is 2. The van der Waals surface area contributed by atoms with Crippen LogP contribution in [0, 0.1) is 5.82 Å². The van der Waals surface area contributed by atoms with Gasteiger partial charge in [0, 0.05) is 26.2 Å². The molecule has 0 bridgehead atoms. The topological polar surface area (TPSA) is 59.1 Å². The Balaban J connectivity index is 1.44. The lowest BCUT2D eigenvalue weighted by Crippen LogP contribution is -2.35. The molecule has 156 valence electrons. The largest absolute Gasteiger partial charge is 0.486 e. The summed E-state index contributed by atoms with van der Waals surface area (Å²) in [6.45, 7) is 3.77. The van der Waals surface area contributed by atoms with Crippen LogP contribution in [0.25, 0.3) is 0 Å². The van der Waals surface area contributed by atoms with Crippen LogP contribution in [-0.2, 0) is 16.6 Å². The summed E-state index contributed by atoms with van der Waals surface area (Å²) in [5.74, 6) is 0.771. The SMILES string of the molecule is O=S(=O)(c1ccc(F)cc1)N1CCCN(Cc2cc(Cl)c3c(c2)OCCO3)CC1. The molecule has 0 spiro atoms. The van der Waals surface area contributed by atoms with E-state index in [0.29, 0.717) is 62.3 Å². The van der Waals surface area contributed by atoms with Gasteiger partial charge in [0.1, 0.15) is 19.0 Å². The highest BCUT2D eigenvalue weighted by Gasteiger charge is 2.27. The molecule has 0 saturated carbocycles. The van der Waals surface area contributed by atoms with E-state index in [9.17, 15) is 12.8 Å². The third-order valence-electron chi connectivity index (χ3n) is 5.06. The maximum absolute atomic E-state index is 13.1. The Morgan fingerprint density at radius 2 is 1.76 bits per heavy atom. The van der Waals surface area contributed by atoms with Crippen LogP contribution >= 0.6 is 11.6 Å². The summed E-state index contributed by atoms with van der Waals surface area (Å²) in [6, 6.07) is 8.76. The second kappa shape index (κ2) is 8.47. The van der Waals surface area contributed by atoms with Gasteiger partial charge < -0.3 is 9.47 Å². The number of hydrogen-bond acceptors (Lipinski definition) is 5. The van der Waals surface area contributed by atoms with Crippen LogP contribution in [0.2, 0.25) is 5.02 Å². The van der Waals surface area contributed by atoms with E-state index < -0.39 is 15.8 Å². The van der Waals surface area contributed by atoms with Crippen LogP contribution < -0.4 is 9.47 Å². The molecule has 0 N–H and O–H groups in total. The number of ether oxygens (including phenoxy) is 2. The first-order valence-electron chi connectivity index (χ1n) is 9.49. The number of benzene rings is 2. The molecule has 6 nitrogen and oxygen atoms in total. The van der Waals surface area contributed by atoms with Gasteiger partial charge in [-0.25, -0.2) is 12.8 Å². The van der Waals surface area contributed by atoms with Gasteiger partial charge in [-0.15, -0.1) is 0 Å². The first-order chi connectivity index (χ1) is 13.9. The molecular formula is C20H22ClFN2O4S. The highest BCUT2D eigenvalue weighted by atomic mass is 35.5. The second-order valence-electron chi connectivity index (χ2n) is 7.09. The molecule has 2 heterocycles. The Bertz CT molecular complexity index is 985. The molecule has 0 radical (unpaired) electrons. The van der Waals surface area contributed by atoms with Gasteiger partial charge in [0.2, 0.25) is 10.0 Å². The number of fused-ring (bicyclic) bond motifs is 1. The molecular weight excluding hydrogens is 419 g/mol. The van der Waals surface area contributed by atoms with Crippen molar-refractivity contribution in [2.75, 3.05) is 39.4 Å². The lowest BCUT2D eigenvalue weighted by molar-refractivity contribution is 0.171. The summed E-state index contributed by atoms with van der Waals surface area (Å²) in [5, 5.41) is 0.521. The van der Waals surface area contributed by atoms with Crippen molar-refractivity contribution in [1.29, 1.82) is 0 Å². The zero-order valence-corrected chi connectivity index (χ0v) is 17.4. The molecule has 0 unspecified atom stereocenters. The number of sulfonamides is 1. The predicted octanol–water partition coefficient (Wildman–Crippen LogP) is 3.15. The van der Waals surface area contributed by atoms with E-state index in [1.807, 2.05) is 12.1 Å². The summed E-state index contributed by atoms with van der Waals surface area (Å²) >= 11 is 6.32. The smallest absolute Gasteiger partial charge is 0.243 e. The molecule has 1 fully saturated rings. The fourth-order valence-electron chi connectivity index (χ4n) is 3.62. The van der Waals surface area contributed by atoms with Crippen molar-refractivity contribution in [2.45, 2.75) is 17.9 Å². The molecule has 29 heavy (non-hydrogen) atoms. The molecule has 0 atom stereocenters. The van der Waals surface area contributed by atoms with Gasteiger partial charge >= 0.3 is 0 Å². The summed E-state index contributed by atoms with van der Waals surface area (Å²) in [6.07, 6.45) is 0.707. The summed E-state index contributed by atoms with van der Waals surface area (Å²) < 4.78 is 51.5. The summed E-state index contributed by atoms with van der Waals surface area (Å²) in [4.78, 5) is 2.31. The first kappa shape index (κ1) is 20.4. The Kier molecular flexibility index (Phi) is 5.96.